The van der Waals surface area contributed by atoms with Crippen LogP contribution in [0.2, 0.25) is 0 Å². The zero-order valence-electron chi connectivity index (χ0n) is 9.48. The van der Waals surface area contributed by atoms with Gasteiger partial charge in [-0.3, -0.25) is 0 Å². The van der Waals surface area contributed by atoms with E-state index in [0.717, 1.165) is 11.7 Å². The molecular formula is C9H14F3N3O2S. The maximum Gasteiger partial charge on any atom is 0.389 e. The fourth-order valence-corrected chi connectivity index (χ4v) is 1.51. The average Bonchev–Trinajstić information content (AvgIpc) is 2.77. The molecule has 0 aromatic carbocycles. The van der Waals surface area contributed by atoms with E-state index in [2.05, 4.69) is 14.1 Å². The minimum Gasteiger partial charge on any atom is -0.473 e. The lowest BCUT2D eigenvalue weighted by Gasteiger charge is -2.12. The van der Waals surface area contributed by atoms with Crippen LogP contribution in [0.4, 0.5) is 13.2 Å². The first-order chi connectivity index (χ1) is 8.47. The molecule has 0 amide bonds. The third-order valence-corrected chi connectivity index (χ3v) is 2.42. The van der Waals surface area contributed by atoms with Crippen LogP contribution in [-0.2, 0) is 0 Å². The normalized spacial score (nSPS) is 13.6. The van der Waals surface area contributed by atoms with Crippen LogP contribution in [0.3, 0.4) is 0 Å². The number of nitrogens with zero attached hydrogens (tertiary/aromatic N) is 2. The lowest BCUT2D eigenvalue weighted by Crippen LogP contribution is -2.32. The van der Waals surface area contributed by atoms with E-state index in [1.54, 1.807) is 0 Å². The lowest BCUT2D eigenvalue weighted by molar-refractivity contribution is -0.135. The van der Waals surface area contributed by atoms with Gasteiger partial charge in [0, 0.05) is 13.0 Å². The number of aliphatic hydroxyl groups excluding tert-OH is 1. The lowest BCUT2D eigenvalue weighted by atomic mass is 10.3. The van der Waals surface area contributed by atoms with Crippen molar-refractivity contribution in [2.24, 2.45) is 0 Å². The van der Waals surface area contributed by atoms with Gasteiger partial charge in [0.1, 0.15) is 18.9 Å². The molecule has 1 unspecified atom stereocenters. The molecule has 0 bridgehead atoms. The van der Waals surface area contributed by atoms with Crippen LogP contribution in [0.5, 0.6) is 5.88 Å². The van der Waals surface area contributed by atoms with E-state index in [4.69, 9.17) is 4.74 Å². The summed E-state index contributed by atoms with van der Waals surface area (Å²) < 4.78 is 48.0. The Morgan fingerprint density at radius 3 is 2.89 bits per heavy atom. The number of hydrogen-bond donors (Lipinski definition) is 2. The molecule has 0 saturated carbocycles. The van der Waals surface area contributed by atoms with E-state index < -0.39 is 18.7 Å². The zero-order valence-corrected chi connectivity index (χ0v) is 10.3. The minimum atomic E-state index is -4.12. The second kappa shape index (κ2) is 7.49. The van der Waals surface area contributed by atoms with Crippen molar-refractivity contribution in [3.8, 4) is 5.88 Å². The summed E-state index contributed by atoms with van der Waals surface area (Å²) in [6.45, 7) is 0.405. The Morgan fingerprint density at radius 1 is 1.50 bits per heavy atom. The third kappa shape index (κ3) is 7.41. The molecule has 0 aliphatic heterocycles. The molecule has 1 atom stereocenters. The molecule has 18 heavy (non-hydrogen) atoms. The molecule has 1 aromatic heterocycles. The third-order valence-electron chi connectivity index (χ3n) is 1.96. The molecule has 0 spiro atoms. The molecule has 1 rings (SSSR count). The molecule has 5 nitrogen and oxygen atoms in total. The van der Waals surface area contributed by atoms with E-state index in [0.29, 0.717) is 5.88 Å². The summed E-state index contributed by atoms with van der Waals surface area (Å²) in [7, 11) is 0. The van der Waals surface area contributed by atoms with Gasteiger partial charge in [-0.1, -0.05) is 0 Å². The highest BCUT2D eigenvalue weighted by Gasteiger charge is 2.25. The average molecular weight is 285 g/mol. The van der Waals surface area contributed by atoms with E-state index in [-0.39, 0.29) is 26.1 Å². The summed E-state index contributed by atoms with van der Waals surface area (Å²) in [6.07, 6.45) is -4.32. The van der Waals surface area contributed by atoms with Gasteiger partial charge in [0.2, 0.25) is 5.88 Å². The Bertz CT molecular complexity index is 321. The number of aromatic nitrogens is 2. The molecule has 104 valence electrons. The number of rotatable bonds is 8. The maximum absolute atomic E-state index is 11.8. The summed E-state index contributed by atoms with van der Waals surface area (Å²) in [5, 5.41) is 12.2. The first kappa shape index (κ1) is 15.1. The quantitative estimate of drug-likeness (QED) is 0.703. The Balaban J connectivity index is 1.98. The van der Waals surface area contributed by atoms with Crippen LogP contribution in [0.25, 0.3) is 0 Å². The number of ether oxygens (including phenoxy) is 1. The Hall–Kier alpha value is -0.930. The standard InChI is InChI=1S/C9H14F3N3O2S/c10-9(11,12)2-1-3-13-4-7(16)6-17-8-5-14-18-15-8/h5,7,13,16H,1-4,6H2. The largest absolute Gasteiger partial charge is 0.473 e. The molecular weight excluding hydrogens is 271 g/mol. The van der Waals surface area contributed by atoms with Crippen molar-refractivity contribution < 1.29 is 23.0 Å². The molecule has 0 fully saturated rings. The molecule has 0 saturated heterocycles. The van der Waals surface area contributed by atoms with Crippen molar-refractivity contribution in [3.63, 3.8) is 0 Å². The van der Waals surface area contributed by atoms with Crippen LogP contribution in [0, 0.1) is 0 Å². The van der Waals surface area contributed by atoms with Gasteiger partial charge >= 0.3 is 6.18 Å². The van der Waals surface area contributed by atoms with Crippen LogP contribution in [-0.4, -0.2) is 45.8 Å². The van der Waals surface area contributed by atoms with Gasteiger partial charge in [-0.2, -0.15) is 17.5 Å². The second-order valence-electron chi connectivity index (χ2n) is 3.63. The summed E-state index contributed by atoms with van der Waals surface area (Å²) in [5.74, 6) is 0.330. The Kier molecular flexibility index (Phi) is 6.30. The summed E-state index contributed by atoms with van der Waals surface area (Å²) in [4.78, 5) is 0. The zero-order chi connectivity index (χ0) is 13.4. The van der Waals surface area contributed by atoms with Gasteiger partial charge in [0.15, 0.2) is 0 Å². The van der Waals surface area contributed by atoms with Crippen molar-refractivity contribution in [3.05, 3.63) is 6.20 Å². The van der Waals surface area contributed by atoms with Gasteiger partial charge in [-0.25, -0.2) is 0 Å². The van der Waals surface area contributed by atoms with E-state index in [1.165, 1.54) is 6.20 Å². The fourth-order valence-electron chi connectivity index (χ4n) is 1.14. The highest BCUT2D eigenvalue weighted by molar-refractivity contribution is 6.99. The maximum atomic E-state index is 11.8. The number of hydrogen-bond acceptors (Lipinski definition) is 6. The van der Waals surface area contributed by atoms with Gasteiger partial charge in [-0.05, 0) is 13.0 Å². The predicted octanol–water partition coefficient (Wildman–Crippen LogP) is 1.21. The van der Waals surface area contributed by atoms with Gasteiger partial charge < -0.3 is 15.2 Å². The van der Waals surface area contributed by atoms with Crippen LogP contribution in [0.15, 0.2) is 6.20 Å². The highest BCUT2D eigenvalue weighted by atomic mass is 32.1. The van der Waals surface area contributed by atoms with Gasteiger partial charge in [-0.15, -0.1) is 4.37 Å². The molecule has 0 aliphatic rings. The molecule has 0 radical (unpaired) electrons. The van der Waals surface area contributed by atoms with E-state index in [9.17, 15) is 18.3 Å². The van der Waals surface area contributed by atoms with Crippen molar-refractivity contribution in [1.82, 2.24) is 14.1 Å². The molecule has 1 heterocycles. The van der Waals surface area contributed by atoms with E-state index in [1.807, 2.05) is 0 Å². The fraction of sp³-hybridized carbons (Fsp3) is 0.778. The highest BCUT2D eigenvalue weighted by Crippen LogP contribution is 2.20. The van der Waals surface area contributed by atoms with E-state index >= 15 is 0 Å². The summed E-state index contributed by atoms with van der Waals surface area (Å²) in [5.41, 5.74) is 0. The molecule has 2 N–H and O–H groups in total. The molecule has 0 aliphatic carbocycles. The van der Waals surface area contributed by atoms with Gasteiger partial charge in [0.05, 0.1) is 11.7 Å². The van der Waals surface area contributed by atoms with Crippen molar-refractivity contribution in [2.45, 2.75) is 25.1 Å². The monoisotopic (exact) mass is 285 g/mol. The number of alkyl halides is 3. The predicted molar refractivity (Wildman–Crippen MR) is 59.6 cm³/mol. The second-order valence-corrected chi connectivity index (χ2v) is 4.19. The van der Waals surface area contributed by atoms with Crippen LogP contribution in [0.1, 0.15) is 12.8 Å². The van der Waals surface area contributed by atoms with Crippen LogP contribution >= 0.6 is 11.7 Å². The summed E-state index contributed by atoms with van der Waals surface area (Å²) >= 11 is 0.989. The van der Waals surface area contributed by atoms with Crippen molar-refractivity contribution in [2.75, 3.05) is 19.7 Å². The number of aliphatic hydroxyl groups is 1. The number of halogens is 3. The smallest absolute Gasteiger partial charge is 0.389 e. The van der Waals surface area contributed by atoms with Crippen molar-refractivity contribution in [1.29, 1.82) is 0 Å². The minimum absolute atomic E-state index is 0.00686. The Labute approximate surface area is 106 Å². The topological polar surface area (TPSA) is 67.3 Å². The Morgan fingerprint density at radius 2 is 2.28 bits per heavy atom. The van der Waals surface area contributed by atoms with Gasteiger partial charge in [0.25, 0.3) is 0 Å². The number of nitrogens with one attached hydrogen (secondary N) is 1. The van der Waals surface area contributed by atoms with Crippen molar-refractivity contribution >= 4 is 11.7 Å². The first-order valence-corrected chi connectivity index (χ1v) is 6.06. The molecule has 1 aromatic rings. The summed E-state index contributed by atoms with van der Waals surface area (Å²) in [6, 6.07) is 0. The molecule has 9 heteroatoms. The van der Waals surface area contributed by atoms with Crippen LogP contribution < -0.4 is 10.1 Å². The SMILES string of the molecule is OC(CNCCCC(F)(F)F)COc1cnsn1. The first-order valence-electron chi connectivity index (χ1n) is 5.33.